The Hall–Kier alpha value is -1.37. The van der Waals surface area contributed by atoms with Crippen molar-refractivity contribution in [2.45, 2.75) is 63.0 Å². The lowest BCUT2D eigenvalue weighted by atomic mass is 9.85. The maximum Gasteiger partial charge on any atom is 0.125 e. The van der Waals surface area contributed by atoms with E-state index >= 15 is 0 Å². The van der Waals surface area contributed by atoms with Gasteiger partial charge in [0, 0.05) is 18.4 Å². The zero-order chi connectivity index (χ0) is 15.3. The zero-order valence-corrected chi connectivity index (χ0v) is 13.3. The number of aromatic nitrogens is 1. The van der Waals surface area contributed by atoms with Crippen LogP contribution in [0, 0.1) is 11.8 Å². The van der Waals surface area contributed by atoms with Crippen molar-refractivity contribution in [1.82, 2.24) is 9.88 Å². The molecule has 1 aliphatic carbocycles. The number of nitrogens with zero attached hydrogens (tertiary/aromatic N) is 2. The number of rotatable bonds is 2. The van der Waals surface area contributed by atoms with E-state index in [0.29, 0.717) is 6.04 Å². The molecule has 1 saturated carbocycles. The molecule has 1 aromatic heterocycles. The van der Waals surface area contributed by atoms with Gasteiger partial charge in [0.1, 0.15) is 5.60 Å². The number of piperidine rings is 1. The summed E-state index contributed by atoms with van der Waals surface area (Å²) in [6, 6.07) is 4.61. The van der Waals surface area contributed by atoms with E-state index in [2.05, 4.69) is 27.8 Å². The van der Waals surface area contributed by atoms with Crippen LogP contribution in [0.5, 0.6) is 0 Å². The summed E-state index contributed by atoms with van der Waals surface area (Å²) in [6.07, 6.45) is 12.6. The van der Waals surface area contributed by atoms with E-state index in [1.807, 2.05) is 18.5 Å². The topological polar surface area (TPSA) is 36.4 Å². The molecule has 2 heterocycles. The van der Waals surface area contributed by atoms with Gasteiger partial charge in [-0.2, -0.15) is 0 Å². The molecule has 0 spiro atoms. The van der Waals surface area contributed by atoms with Crippen LogP contribution in [0.3, 0.4) is 0 Å². The van der Waals surface area contributed by atoms with Crippen LogP contribution in [0.1, 0.15) is 63.0 Å². The summed E-state index contributed by atoms with van der Waals surface area (Å²) < 4.78 is 0. The van der Waals surface area contributed by atoms with E-state index in [9.17, 15) is 5.11 Å². The summed E-state index contributed by atoms with van der Waals surface area (Å²) in [4.78, 5) is 6.70. The van der Waals surface area contributed by atoms with Gasteiger partial charge >= 0.3 is 0 Å². The van der Waals surface area contributed by atoms with Gasteiger partial charge in [0.15, 0.2) is 0 Å². The first kappa shape index (κ1) is 15.5. The highest BCUT2D eigenvalue weighted by Crippen LogP contribution is 2.30. The first-order valence-corrected chi connectivity index (χ1v) is 8.63. The molecule has 2 fully saturated rings. The lowest BCUT2D eigenvalue weighted by Gasteiger charge is -2.34. The lowest BCUT2D eigenvalue weighted by molar-refractivity contribution is 0.0607. The predicted molar refractivity (Wildman–Crippen MR) is 88.2 cm³/mol. The summed E-state index contributed by atoms with van der Waals surface area (Å²) in [5.41, 5.74) is 0.568. The van der Waals surface area contributed by atoms with Crippen LogP contribution in [-0.2, 0) is 0 Å². The average molecular weight is 298 g/mol. The standard InChI is InChI=1S/C19H26N2O/c22-19(10-3-1-4-11-19)12-7-15-21-14-5-2-9-18(21)17-8-6-13-20-16-17/h6,8,13,16,18,22H,1-5,9-11,14-15H2/t18-/m0/s1. The molecule has 0 bridgehead atoms. The molecule has 3 rings (SSSR count). The highest BCUT2D eigenvalue weighted by atomic mass is 16.3. The maximum atomic E-state index is 10.5. The Bertz CT molecular complexity index is 525. The summed E-state index contributed by atoms with van der Waals surface area (Å²) in [5.74, 6) is 6.44. The number of hydrogen-bond acceptors (Lipinski definition) is 3. The van der Waals surface area contributed by atoms with Crippen molar-refractivity contribution < 1.29 is 5.11 Å². The molecule has 1 aromatic rings. The lowest BCUT2D eigenvalue weighted by Crippen LogP contribution is -2.34. The van der Waals surface area contributed by atoms with Gasteiger partial charge in [0.25, 0.3) is 0 Å². The smallest absolute Gasteiger partial charge is 0.125 e. The van der Waals surface area contributed by atoms with E-state index in [1.54, 1.807) is 0 Å². The Morgan fingerprint density at radius 1 is 1.23 bits per heavy atom. The average Bonchev–Trinajstić information content (AvgIpc) is 2.57. The van der Waals surface area contributed by atoms with Crippen molar-refractivity contribution >= 4 is 0 Å². The van der Waals surface area contributed by atoms with Crippen LogP contribution in [-0.4, -0.2) is 33.7 Å². The van der Waals surface area contributed by atoms with E-state index < -0.39 is 5.60 Å². The van der Waals surface area contributed by atoms with Crippen molar-refractivity contribution in [2.75, 3.05) is 13.1 Å². The molecular weight excluding hydrogens is 272 g/mol. The summed E-state index contributed by atoms with van der Waals surface area (Å²) >= 11 is 0. The minimum atomic E-state index is -0.724. The van der Waals surface area contributed by atoms with Gasteiger partial charge in [-0.1, -0.05) is 30.7 Å². The highest BCUT2D eigenvalue weighted by molar-refractivity contribution is 5.18. The van der Waals surface area contributed by atoms with Gasteiger partial charge in [-0.3, -0.25) is 9.88 Å². The Morgan fingerprint density at radius 2 is 2.09 bits per heavy atom. The molecule has 3 nitrogen and oxygen atoms in total. The first-order valence-electron chi connectivity index (χ1n) is 8.63. The number of likely N-dealkylation sites (tertiary alicyclic amines) is 1. The minimum Gasteiger partial charge on any atom is -0.378 e. The fourth-order valence-corrected chi connectivity index (χ4v) is 3.70. The SMILES string of the molecule is OC1(C#CCN2CCCC[C@H]2c2cccnc2)CCCCC1. The fourth-order valence-electron chi connectivity index (χ4n) is 3.70. The molecule has 22 heavy (non-hydrogen) atoms. The second-order valence-electron chi connectivity index (χ2n) is 6.66. The molecule has 0 amide bonds. The molecule has 1 N–H and O–H groups in total. The molecule has 118 valence electrons. The van der Waals surface area contributed by atoms with E-state index in [0.717, 1.165) is 38.8 Å². The second kappa shape index (κ2) is 7.26. The number of aliphatic hydroxyl groups is 1. The van der Waals surface area contributed by atoms with Crippen molar-refractivity contribution in [3.8, 4) is 11.8 Å². The first-order chi connectivity index (χ1) is 10.8. The molecular formula is C19H26N2O. The third-order valence-corrected chi connectivity index (χ3v) is 4.97. The van der Waals surface area contributed by atoms with Crippen LogP contribution < -0.4 is 0 Å². The van der Waals surface area contributed by atoms with Gasteiger partial charge in [-0.15, -0.1) is 0 Å². The third-order valence-electron chi connectivity index (χ3n) is 4.97. The quantitative estimate of drug-likeness (QED) is 0.851. The van der Waals surface area contributed by atoms with Crippen LogP contribution in [0.4, 0.5) is 0 Å². The Balaban J connectivity index is 1.65. The van der Waals surface area contributed by atoms with Crippen molar-refractivity contribution in [1.29, 1.82) is 0 Å². The minimum absolute atomic E-state index is 0.428. The van der Waals surface area contributed by atoms with Crippen LogP contribution in [0.25, 0.3) is 0 Å². The maximum absolute atomic E-state index is 10.5. The van der Waals surface area contributed by atoms with Crippen molar-refractivity contribution in [3.63, 3.8) is 0 Å². The molecule has 1 atom stereocenters. The van der Waals surface area contributed by atoms with E-state index in [-0.39, 0.29) is 0 Å². The molecule has 3 heteroatoms. The Kier molecular flexibility index (Phi) is 5.12. The van der Waals surface area contributed by atoms with E-state index in [1.165, 1.54) is 31.2 Å². The van der Waals surface area contributed by atoms with Crippen LogP contribution in [0.15, 0.2) is 24.5 Å². The van der Waals surface area contributed by atoms with Crippen LogP contribution in [0.2, 0.25) is 0 Å². The fraction of sp³-hybridized carbons (Fsp3) is 0.632. The predicted octanol–water partition coefficient (Wildman–Crippen LogP) is 3.31. The number of pyridine rings is 1. The van der Waals surface area contributed by atoms with Crippen molar-refractivity contribution in [2.24, 2.45) is 0 Å². The van der Waals surface area contributed by atoms with Gasteiger partial charge in [-0.25, -0.2) is 0 Å². The summed E-state index contributed by atoms with van der Waals surface area (Å²) in [7, 11) is 0. The largest absolute Gasteiger partial charge is 0.378 e. The Labute approximate surface area is 133 Å². The second-order valence-corrected chi connectivity index (χ2v) is 6.66. The zero-order valence-electron chi connectivity index (χ0n) is 13.3. The van der Waals surface area contributed by atoms with Gasteiger partial charge in [0.05, 0.1) is 6.54 Å². The molecule has 0 unspecified atom stereocenters. The molecule has 1 aliphatic heterocycles. The Morgan fingerprint density at radius 3 is 2.86 bits per heavy atom. The highest BCUT2D eigenvalue weighted by Gasteiger charge is 2.27. The van der Waals surface area contributed by atoms with Gasteiger partial charge in [0.2, 0.25) is 0 Å². The van der Waals surface area contributed by atoms with Gasteiger partial charge < -0.3 is 5.11 Å². The van der Waals surface area contributed by atoms with Gasteiger partial charge in [-0.05, 0) is 56.7 Å². The molecule has 1 saturated heterocycles. The van der Waals surface area contributed by atoms with Crippen molar-refractivity contribution in [3.05, 3.63) is 30.1 Å². The van der Waals surface area contributed by atoms with E-state index in [4.69, 9.17) is 0 Å². The third kappa shape index (κ3) is 3.88. The molecule has 2 aliphatic rings. The molecule has 0 aromatic carbocycles. The summed E-state index contributed by atoms with van der Waals surface area (Å²) in [5, 5.41) is 10.5. The number of hydrogen-bond donors (Lipinski definition) is 1. The normalized spacial score (nSPS) is 25.2. The summed E-state index contributed by atoms with van der Waals surface area (Å²) in [6.45, 7) is 1.84. The monoisotopic (exact) mass is 298 g/mol. The van der Waals surface area contributed by atoms with Crippen LogP contribution >= 0.6 is 0 Å². The molecule has 0 radical (unpaired) electrons.